The van der Waals surface area contributed by atoms with E-state index in [1.54, 1.807) is 11.3 Å². The normalized spacial score (nSPS) is 19.9. The summed E-state index contributed by atoms with van der Waals surface area (Å²) in [7, 11) is 0. The lowest BCUT2D eigenvalue weighted by Crippen LogP contribution is -2.17. The predicted octanol–water partition coefficient (Wildman–Crippen LogP) is 2.21. The Morgan fingerprint density at radius 2 is 2.31 bits per heavy atom. The second-order valence-electron chi connectivity index (χ2n) is 4.51. The molecule has 16 heavy (non-hydrogen) atoms. The molecular formula is C12H19NO2S. The first-order chi connectivity index (χ1) is 7.79. The largest absolute Gasteiger partial charge is 0.396 e. The minimum Gasteiger partial charge on any atom is -0.396 e. The number of aromatic nitrogens is 1. The topological polar surface area (TPSA) is 42.4 Å². The third-order valence-electron chi connectivity index (χ3n) is 3.15. The van der Waals surface area contributed by atoms with Gasteiger partial charge in [0.25, 0.3) is 0 Å². The van der Waals surface area contributed by atoms with Crippen LogP contribution in [0.3, 0.4) is 0 Å². The molecule has 0 aliphatic carbocycles. The fourth-order valence-corrected chi connectivity index (χ4v) is 2.97. The van der Waals surface area contributed by atoms with Gasteiger partial charge in [0.1, 0.15) is 0 Å². The zero-order valence-electron chi connectivity index (χ0n) is 9.69. The molecule has 1 aliphatic rings. The lowest BCUT2D eigenvalue weighted by atomic mass is 9.97. The van der Waals surface area contributed by atoms with Crippen LogP contribution in [0.1, 0.15) is 36.4 Å². The number of hydrogen-bond acceptors (Lipinski definition) is 4. The Bertz CT molecular complexity index is 321. The first-order valence-electron chi connectivity index (χ1n) is 5.92. The SMILES string of the molecule is CC(CO)c1csc(CC2CCOCC2)n1. The van der Waals surface area contributed by atoms with Crippen molar-refractivity contribution in [3.63, 3.8) is 0 Å². The first-order valence-corrected chi connectivity index (χ1v) is 6.80. The number of aliphatic hydroxyl groups is 1. The Kier molecular flexibility index (Phi) is 4.32. The molecule has 0 amide bonds. The molecule has 90 valence electrons. The lowest BCUT2D eigenvalue weighted by Gasteiger charge is -2.20. The van der Waals surface area contributed by atoms with E-state index in [0.717, 1.165) is 44.1 Å². The highest BCUT2D eigenvalue weighted by Crippen LogP contribution is 2.24. The van der Waals surface area contributed by atoms with Crippen molar-refractivity contribution in [1.29, 1.82) is 0 Å². The highest BCUT2D eigenvalue weighted by Gasteiger charge is 2.17. The average molecular weight is 241 g/mol. The van der Waals surface area contributed by atoms with Gasteiger partial charge in [-0.2, -0.15) is 0 Å². The van der Waals surface area contributed by atoms with E-state index in [-0.39, 0.29) is 12.5 Å². The molecule has 3 nitrogen and oxygen atoms in total. The van der Waals surface area contributed by atoms with Gasteiger partial charge in [-0.3, -0.25) is 0 Å². The van der Waals surface area contributed by atoms with Gasteiger partial charge in [-0.05, 0) is 18.8 Å². The summed E-state index contributed by atoms with van der Waals surface area (Å²) in [6.45, 7) is 3.99. The van der Waals surface area contributed by atoms with Crippen molar-refractivity contribution in [2.75, 3.05) is 19.8 Å². The van der Waals surface area contributed by atoms with Crippen LogP contribution in [-0.2, 0) is 11.2 Å². The van der Waals surface area contributed by atoms with E-state index in [1.807, 2.05) is 6.92 Å². The fourth-order valence-electron chi connectivity index (χ4n) is 1.94. The van der Waals surface area contributed by atoms with Gasteiger partial charge in [0.15, 0.2) is 0 Å². The molecule has 0 spiro atoms. The minimum absolute atomic E-state index is 0.166. The van der Waals surface area contributed by atoms with Gasteiger partial charge in [-0.25, -0.2) is 4.98 Å². The fraction of sp³-hybridized carbons (Fsp3) is 0.750. The molecule has 0 bridgehead atoms. The van der Waals surface area contributed by atoms with Gasteiger partial charge in [-0.15, -0.1) is 11.3 Å². The molecule has 1 aliphatic heterocycles. The van der Waals surface area contributed by atoms with E-state index in [0.29, 0.717) is 0 Å². The summed E-state index contributed by atoms with van der Waals surface area (Å²) in [5.41, 5.74) is 1.04. The maximum Gasteiger partial charge on any atom is 0.0931 e. The molecule has 1 N–H and O–H groups in total. The Morgan fingerprint density at radius 3 is 3.00 bits per heavy atom. The molecule has 0 radical (unpaired) electrons. The van der Waals surface area contributed by atoms with Gasteiger partial charge >= 0.3 is 0 Å². The maximum absolute atomic E-state index is 9.07. The Balaban J connectivity index is 1.91. The van der Waals surface area contributed by atoms with Crippen LogP contribution in [0.2, 0.25) is 0 Å². The number of hydrogen-bond donors (Lipinski definition) is 1. The molecule has 1 atom stereocenters. The molecular weight excluding hydrogens is 222 g/mol. The van der Waals surface area contributed by atoms with E-state index in [9.17, 15) is 0 Å². The van der Waals surface area contributed by atoms with Crippen LogP contribution in [0.4, 0.5) is 0 Å². The Morgan fingerprint density at radius 1 is 1.56 bits per heavy atom. The highest BCUT2D eigenvalue weighted by atomic mass is 32.1. The second-order valence-corrected chi connectivity index (χ2v) is 5.45. The van der Waals surface area contributed by atoms with E-state index < -0.39 is 0 Å². The van der Waals surface area contributed by atoms with Crippen LogP contribution < -0.4 is 0 Å². The summed E-state index contributed by atoms with van der Waals surface area (Å²) in [6, 6.07) is 0. The summed E-state index contributed by atoms with van der Waals surface area (Å²) in [5.74, 6) is 0.900. The molecule has 1 fully saturated rings. The molecule has 2 heterocycles. The number of rotatable bonds is 4. The number of aliphatic hydroxyl groups excluding tert-OH is 1. The van der Waals surface area contributed by atoms with E-state index in [1.165, 1.54) is 5.01 Å². The average Bonchev–Trinajstić information content (AvgIpc) is 2.78. The van der Waals surface area contributed by atoms with E-state index in [4.69, 9.17) is 9.84 Å². The molecule has 2 rings (SSSR count). The minimum atomic E-state index is 0.166. The molecule has 4 heteroatoms. The summed E-state index contributed by atoms with van der Waals surface area (Å²) in [6.07, 6.45) is 3.39. The van der Waals surface area contributed by atoms with Crippen LogP contribution in [0.25, 0.3) is 0 Å². The lowest BCUT2D eigenvalue weighted by molar-refractivity contribution is 0.0665. The molecule has 1 aromatic heterocycles. The second kappa shape index (κ2) is 5.75. The van der Waals surface area contributed by atoms with Crippen LogP contribution >= 0.6 is 11.3 Å². The van der Waals surface area contributed by atoms with Crippen molar-refractivity contribution in [3.05, 3.63) is 16.1 Å². The van der Waals surface area contributed by atoms with Gasteiger partial charge < -0.3 is 9.84 Å². The summed E-state index contributed by atoms with van der Waals surface area (Å²) in [4.78, 5) is 4.59. The number of nitrogens with zero attached hydrogens (tertiary/aromatic N) is 1. The van der Waals surface area contributed by atoms with Crippen molar-refractivity contribution in [1.82, 2.24) is 4.98 Å². The molecule has 1 unspecified atom stereocenters. The van der Waals surface area contributed by atoms with Gasteiger partial charge in [0, 0.05) is 30.9 Å². The first kappa shape index (κ1) is 12.0. The third-order valence-corrected chi connectivity index (χ3v) is 4.04. The summed E-state index contributed by atoms with van der Waals surface area (Å²) in [5, 5.41) is 12.4. The summed E-state index contributed by atoms with van der Waals surface area (Å²) >= 11 is 1.72. The zero-order valence-corrected chi connectivity index (χ0v) is 10.5. The van der Waals surface area contributed by atoms with Gasteiger partial charge in [0.05, 0.1) is 17.3 Å². The molecule has 0 saturated carbocycles. The standard InChI is InChI=1S/C12H19NO2S/c1-9(7-14)11-8-16-12(13-11)6-10-2-4-15-5-3-10/h8-10,14H,2-7H2,1H3. The zero-order chi connectivity index (χ0) is 11.4. The van der Waals surface area contributed by atoms with Crippen LogP contribution in [0.5, 0.6) is 0 Å². The van der Waals surface area contributed by atoms with Gasteiger partial charge in [0.2, 0.25) is 0 Å². The van der Waals surface area contributed by atoms with E-state index in [2.05, 4.69) is 10.4 Å². The predicted molar refractivity (Wildman–Crippen MR) is 64.9 cm³/mol. The number of thiazole rings is 1. The Labute approximate surface area is 100 Å². The monoisotopic (exact) mass is 241 g/mol. The van der Waals surface area contributed by atoms with Crippen molar-refractivity contribution < 1.29 is 9.84 Å². The number of ether oxygens (including phenoxy) is 1. The van der Waals surface area contributed by atoms with Crippen LogP contribution in [0.15, 0.2) is 5.38 Å². The summed E-state index contributed by atoms with van der Waals surface area (Å²) < 4.78 is 5.35. The smallest absolute Gasteiger partial charge is 0.0931 e. The molecule has 1 saturated heterocycles. The maximum atomic E-state index is 9.07. The Hall–Kier alpha value is -0.450. The van der Waals surface area contributed by atoms with Crippen molar-refractivity contribution in [2.24, 2.45) is 5.92 Å². The molecule has 1 aromatic rings. The quantitative estimate of drug-likeness (QED) is 0.879. The van der Waals surface area contributed by atoms with Crippen molar-refractivity contribution in [3.8, 4) is 0 Å². The van der Waals surface area contributed by atoms with Crippen LogP contribution in [-0.4, -0.2) is 29.9 Å². The highest BCUT2D eigenvalue weighted by molar-refractivity contribution is 7.09. The molecule has 0 aromatic carbocycles. The van der Waals surface area contributed by atoms with Gasteiger partial charge in [-0.1, -0.05) is 6.92 Å². The van der Waals surface area contributed by atoms with Crippen molar-refractivity contribution >= 4 is 11.3 Å². The van der Waals surface area contributed by atoms with Crippen molar-refractivity contribution in [2.45, 2.75) is 32.1 Å². The third kappa shape index (κ3) is 3.03. The van der Waals surface area contributed by atoms with E-state index >= 15 is 0 Å². The van der Waals surface area contributed by atoms with Crippen LogP contribution in [0, 0.1) is 5.92 Å².